The number of benzene rings is 1. The van der Waals surface area contributed by atoms with Crippen molar-refractivity contribution in [3.8, 4) is 0 Å². The average molecular weight is 383 g/mol. The second-order valence-electron chi connectivity index (χ2n) is 7.86. The van der Waals surface area contributed by atoms with E-state index >= 15 is 0 Å². The first-order chi connectivity index (χ1) is 13.5. The number of amides is 3. The average Bonchev–Trinajstić information content (AvgIpc) is 3.10. The Morgan fingerprint density at radius 3 is 2.71 bits per heavy atom. The van der Waals surface area contributed by atoms with E-state index in [-0.39, 0.29) is 18.0 Å². The molecule has 2 aliphatic rings. The number of fused-ring (bicyclic) bond motifs is 1. The van der Waals surface area contributed by atoms with Crippen molar-refractivity contribution in [2.75, 3.05) is 19.6 Å². The van der Waals surface area contributed by atoms with Gasteiger partial charge in [-0.25, -0.2) is 4.79 Å². The molecule has 0 saturated heterocycles. The fourth-order valence-corrected chi connectivity index (χ4v) is 3.44. The lowest BCUT2D eigenvalue weighted by Gasteiger charge is -2.32. The highest BCUT2D eigenvalue weighted by Crippen LogP contribution is 2.25. The van der Waals surface area contributed by atoms with Crippen LogP contribution in [0.1, 0.15) is 39.2 Å². The number of carbonyl (C=O) groups excluding carboxylic acids is 2. The normalized spacial score (nSPS) is 18.9. The van der Waals surface area contributed by atoms with Crippen LogP contribution in [0.2, 0.25) is 0 Å². The Morgan fingerprint density at radius 1 is 1.29 bits per heavy atom. The van der Waals surface area contributed by atoms with E-state index in [0.29, 0.717) is 37.0 Å². The van der Waals surface area contributed by atoms with E-state index in [1.165, 1.54) is 5.56 Å². The molecule has 0 aliphatic carbocycles. The minimum Gasteiger partial charge on any atom is -0.352 e. The molecule has 2 heterocycles. The summed E-state index contributed by atoms with van der Waals surface area (Å²) in [6.07, 6.45) is 4.20. The van der Waals surface area contributed by atoms with E-state index in [2.05, 4.69) is 31.3 Å². The second-order valence-corrected chi connectivity index (χ2v) is 7.86. The third-order valence-corrected chi connectivity index (χ3v) is 5.00. The molecule has 0 unspecified atom stereocenters. The van der Waals surface area contributed by atoms with Gasteiger partial charge >= 0.3 is 6.03 Å². The minimum absolute atomic E-state index is 0.0335. The van der Waals surface area contributed by atoms with Crippen LogP contribution in [0.15, 0.2) is 47.1 Å². The van der Waals surface area contributed by atoms with Gasteiger partial charge in [-0.2, -0.15) is 0 Å². The first-order valence-corrected chi connectivity index (χ1v) is 10.2. The molecule has 6 nitrogen and oxygen atoms in total. The number of nitrogens with one attached hydrogen (secondary N) is 1. The molecule has 1 atom stereocenters. The number of nitrogens with zero attached hydrogens (tertiary/aromatic N) is 3. The predicted molar refractivity (Wildman–Crippen MR) is 111 cm³/mol. The summed E-state index contributed by atoms with van der Waals surface area (Å²) in [4.78, 5) is 33.8. The van der Waals surface area contributed by atoms with Crippen molar-refractivity contribution in [3.05, 3.63) is 47.7 Å². The van der Waals surface area contributed by atoms with Gasteiger partial charge in [-0.1, -0.05) is 51.1 Å². The number of hydrogen-bond acceptors (Lipinski definition) is 3. The lowest BCUT2D eigenvalue weighted by Crippen LogP contribution is -2.50. The molecule has 0 spiro atoms. The zero-order valence-corrected chi connectivity index (χ0v) is 17.0. The van der Waals surface area contributed by atoms with Crippen LogP contribution < -0.4 is 5.32 Å². The number of rotatable bonds is 8. The Hall–Kier alpha value is -2.63. The van der Waals surface area contributed by atoms with Gasteiger partial charge in [0, 0.05) is 19.3 Å². The Labute approximate surface area is 167 Å². The van der Waals surface area contributed by atoms with Gasteiger partial charge in [0.1, 0.15) is 5.84 Å². The number of amidine groups is 1. The lowest BCUT2D eigenvalue weighted by atomic mass is 10.1. The highest BCUT2D eigenvalue weighted by atomic mass is 16.2. The SMILES string of the molecule is CCCNC(=O)C1=CN(CCC(C)C)C(=O)N2C[C@@H](Cc3ccccc3)N=C12. The van der Waals surface area contributed by atoms with Crippen LogP contribution >= 0.6 is 0 Å². The zero-order valence-electron chi connectivity index (χ0n) is 17.0. The molecule has 1 aromatic carbocycles. The summed E-state index contributed by atoms with van der Waals surface area (Å²) < 4.78 is 0. The van der Waals surface area contributed by atoms with Gasteiger partial charge in [-0.3, -0.25) is 19.6 Å². The highest BCUT2D eigenvalue weighted by molar-refractivity contribution is 6.25. The highest BCUT2D eigenvalue weighted by Gasteiger charge is 2.39. The van der Waals surface area contributed by atoms with E-state index < -0.39 is 0 Å². The van der Waals surface area contributed by atoms with Crippen LogP contribution in [0.4, 0.5) is 4.79 Å². The van der Waals surface area contributed by atoms with Crippen LogP contribution in [0.25, 0.3) is 0 Å². The lowest BCUT2D eigenvalue weighted by molar-refractivity contribution is -0.117. The smallest absolute Gasteiger partial charge is 0.329 e. The van der Waals surface area contributed by atoms with Gasteiger partial charge in [0.25, 0.3) is 5.91 Å². The first-order valence-electron chi connectivity index (χ1n) is 10.2. The van der Waals surface area contributed by atoms with Gasteiger partial charge in [0.2, 0.25) is 0 Å². The molecule has 3 amide bonds. The number of hydrogen-bond donors (Lipinski definition) is 1. The van der Waals surface area contributed by atoms with Crippen molar-refractivity contribution in [1.29, 1.82) is 0 Å². The van der Waals surface area contributed by atoms with E-state index in [4.69, 9.17) is 4.99 Å². The minimum atomic E-state index is -0.159. The maximum Gasteiger partial charge on any atom is 0.329 e. The largest absolute Gasteiger partial charge is 0.352 e. The summed E-state index contributed by atoms with van der Waals surface area (Å²) in [5.41, 5.74) is 1.68. The fourth-order valence-electron chi connectivity index (χ4n) is 3.44. The van der Waals surface area contributed by atoms with Gasteiger partial charge in [-0.15, -0.1) is 0 Å². The summed E-state index contributed by atoms with van der Waals surface area (Å²) >= 11 is 0. The molecule has 3 rings (SSSR count). The fraction of sp³-hybridized carbons (Fsp3) is 0.500. The summed E-state index contributed by atoms with van der Waals surface area (Å²) in [7, 11) is 0. The zero-order chi connectivity index (χ0) is 20.1. The molecule has 6 heteroatoms. The molecule has 0 fully saturated rings. The Morgan fingerprint density at radius 2 is 2.04 bits per heavy atom. The molecule has 0 bridgehead atoms. The van der Waals surface area contributed by atoms with E-state index in [0.717, 1.165) is 19.3 Å². The third-order valence-electron chi connectivity index (χ3n) is 5.00. The van der Waals surface area contributed by atoms with Crippen LogP contribution in [0.3, 0.4) is 0 Å². The van der Waals surface area contributed by atoms with Gasteiger partial charge in [0.15, 0.2) is 0 Å². The van der Waals surface area contributed by atoms with Gasteiger partial charge in [-0.05, 0) is 30.7 Å². The van der Waals surface area contributed by atoms with Gasteiger partial charge in [0.05, 0.1) is 18.2 Å². The quantitative estimate of drug-likeness (QED) is 0.750. The molecule has 0 aromatic heterocycles. The summed E-state index contributed by atoms with van der Waals surface area (Å²) in [6.45, 7) is 8.01. The third kappa shape index (κ3) is 4.61. The van der Waals surface area contributed by atoms with Crippen molar-refractivity contribution in [2.45, 2.75) is 46.1 Å². The van der Waals surface area contributed by atoms with Crippen LogP contribution in [-0.2, 0) is 11.2 Å². The maximum absolute atomic E-state index is 13.0. The predicted octanol–water partition coefficient (Wildman–Crippen LogP) is 3.20. The van der Waals surface area contributed by atoms with Crippen molar-refractivity contribution >= 4 is 17.8 Å². The number of carbonyl (C=O) groups is 2. The summed E-state index contributed by atoms with van der Waals surface area (Å²) in [6, 6.07) is 10.0. The topological polar surface area (TPSA) is 65.0 Å². The molecule has 1 N–H and O–H groups in total. The molecular weight excluding hydrogens is 352 g/mol. The Kier molecular flexibility index (Phi) is 6.49. The van der Waals surface area contributed by atoms with Crippen molar-refractivity contribution < 1.29 is 9.59 Å². The summed E-state index contributed by atoms with van der Waals surface area (Å²) in [5.74, 6) is 0.839. The number of aliphatic imine (C=N–C) groups is 1. The van der Waals surface area contributed by atoms with Crippen LogP contribution in [0.5, 0.6) is 0 Å². The molecule has 0 radical (unpaired) electrons. The second kappa shape index (κ2) is 9.04. The first kappa shape index (κ1) is 20.1. The van der Waals surface area contributed by atoms with Gasteiger partial charge < -0.3 is 5.32 Å². The van der Waals surface area contributed by atoms with Crippen molar-refractivity contribution in [3.63, 3.8) is 0 Å². The standard InChI is InChI=1S/C22H30N4O2/c1-4-11-23-21(27)19-15-25(12-10-16(2)3)22(28)26-14-18(24-20(19)26)13-17-8-6-5-7-9-17/h5-9,15-16,18H,4,10-14H2,1-3H3,(H,23,27)/t18-/m1/s1. The molecular formula is C22H30N4O2. The van der Waals surface area contributed by atoms with Crippen LogP contribution in [0, 0.1) is 5.92 Å². The Bertz CT molecular complexity index is 770. The van der Waals surface area contributed by atoms with E-state index in [1.54, 1.807) is 16.0 Å². The molecule has 1 aromatic rings. The molecule has 2 aliphatic heterocycles. The Balaban J connectivity index is 1.83. The molecule has 0 saturated carbocycles. The maximum atomic E-state index is 13.0. The van der Waals surface area contributed by atoms with Crippen molar-refractivity contribution in [2.24, 2.45) is 10.9 Å². The number of urea groups is 1. The molecule has 28 heavy (non-hydrogen) atoms. The van der Waals surface area contributed by atoms with Crippen LogP contribution in [-0.4, -0.2) is 53.2 Å². The monoisotopic (exact) mass is 382 g/mol. The van der Waals surface area contributed by atoms with Crippen molar-refractivity contribution in [1.82, 2.24) is 15.1 Å². The van der Waals surface area contributed by atoms with E-state index in [9.17, 15) is 9.59 Å². The molecule has 150 valence electrons. The van der Waals surface area contributed by atoms with E-state index in [1.807, 2.05) is 25.1 Å². The summed E-state index contributed by atoms with van der Waals surface area (Å²) in [5, 5.41) is 2.93.